The van der Waals surface area contributed by atoms with Crippen LogP contribution in [0.25, 0.3) is 0 Å². The van der Waals surface area contributed by atoms with Crippen molar-refractivity contribution in [2.75, 3.05) is 6.54 Å². The second-order valence-corrected chi connectivity index (χ2v) is 2.89. The predicted molar refractivity (Wildman–Crippen MR) is 51.0 cm³/mol. The van der Waals surface area contributed by atoms with Crippen LogP contribution < -0.4 is 5.32 Å². The third kappa shape index (κ3) is 8.61. The molecular formula is C10H15NO2. The lowest BCUT2D eigenvalue weighted by molar-refractivity contribution is -0.121. The molecule has 3 nitrogen and oxygen atoms in total. The highest BCUT2D eigenvalue weighted by Gasteiger charge is 1.99. The van der Waals surface area contributed by atoms with E-state index in [0.717, 1.165) is 12.8 Å². The van der Waals surface area contributed by atoms with Crippen molar-refractivity contribution in [1.82, 2.24) is 5.32 Å². The minimum absolute atomic E-state index is 0.0403. The Bertz CT molecular complexity index is 215. The Morgan fingerprint density at radius 1 is 1.31 bits per heavy atom. The fraction of sp³-hybridized carbons (Fsp3) is 0.600. The van der Waals surface area contributed by atoms with Crippen molar-refractivity contribution in [2.24, 2.45) is 0 Å². The Balaban J connectivity index is 3.28. The van der Waals surface area contributed by atoms with Crippen LogP contribution in [0.3, 0.4) is 0 Å². The van der Waals surface area contributed by atoms with Crippen LogP contribution in [0.1, 0.15) is 32.6 Å². The van der Waals surface area contributed by atoms with Crippen LogP contribution in [-0.4, -0.2) is 18.2 Å². The summed E-state index contributed by atoms with van der Waals surface area (Å²) in [6, 6.07) is 0. The molecule has 0 saturated carbocycles. The van der Waals surface area contributed by atoms with E-state index in [-0.39, 0.29) is 18.2 Å². The maximum absolute atomic E-state index is 11.0. The SMILES string of the molecule is C#CCNC(=O)CCCCC(C)=O. The summed E-state index contributed by atoms with van der Waals surface area (Å²) in [6.45, 7) is 1.84. The average Bonchev–Trinajstić information content (AvgIpc) is 2.08. The summed E-state index contributed by atoms with van der Waals surface area (Å²) < 4.78 is 0. The maximum Gasteiger partial charge on any atom is 0.220 e. The van der Waals surface area contributed by atoms with Gasteiger partial charge in [0.05, 0.1) is 6.54 Å². The number of amides is 1. The number of hydrogen-bond donors (Lipinski definition) is 1. The summed E-state index contributed by atoms with van der Waals surface area (Å²) in [7, 11) is 0. The summed E-state index contributed by atoms with van der Waals surface area (Å²) in [6.07, 6.45) is 7.50. The molecule has 0 atom stereocenters. The Labute approximate surface area is 78.9 Å². The summed E-state index contributed by atoms with van der Waals surface area (Å²) in [5.41, 5.74) is 0. The van der Waals surface area contributed by atoms with Gasteiger partial charge in [0.1, 0.15) is 5.78 Å². The molecule has 0 saturated heterocycles. The van der Waals surface area contributed by atoms with Gasteiger partial charge >= 0.3 is 0 Å². The first-order valence-electron chi connectivity index (χ1n) is 4.36. The molecule has 0 aromatic rings. The van der Waals surface area contributed by atoms with Crippen LogP contribution in [0.4, 0.5) is 0 Å². The first kappa shape index (κ1) is 11.7. The van der Waals surface area contributed by atoms with Gasteiger partial charge in [-0.05, 0) is 19.8 Å². The molecule has 1 N–H and O–H groups in total. The largest absolute Gasteiger partial charge is 0.345 e. The summed E-state index contributed by atoms with van der Waals surface area (Å²) in [5, 5.41) is 2.56. The van der Waals surface area contributed by atoms with E-state index in [2.05, 4.69) is 11.2 Å². The average molecular weight is 181 g/mol. The highest BCUT2D eigenvalue weighted by molar-refractivity contribution is 5.76. The molecule has 1 amide bonds. The van der Waals surface area contributed by atoms with Crippen molar-refractivity contribution in [1.29, 1.82) is 0 Å². The lowest BCUT2D eigenvalue weighted by Crippen LogP contribution is -2.22. The molecule has 0 aliphatic rings. The number of carbonyl (C=O) groups is 2. The van der Waals surface area contributed by atoms with Gasteiger partial charge in [-0.15, -0.1) is 6.42 Å². The Morgan fingerprint density at radius 2 is 1.92 bits per heavy atom. The van der Waals surface area contributed by atoms with Gasteiger partial charge in [-0.25, -0.2) is 0 Å². The molecule has 0 radical (unpaired) electrons. The number of nitrogens with one attached hydrogen (secondary N) is 1. The van der Waals surface area contributed by atoms with E-state index < -0.39 is 0 Å². The molecule has 0 heterocycles. The lowest BCUT2D eigenvalue weighted by Gasteiger charge is -2.00. The molecule has 0 aromatic carbocycles. The minimum Gasteiger partial charge on any atom is -0.345 e. The number of carbonyl (C=O) groups excluding carboxylic acids is 2. The van der Waals surface area contributed by atoms with E-state index in [0.29, 0.717) is 12.8 Å². The van der Waals surface area contributed by atoms with Crippen LogP contribution in [0.5, 0.6) is 0 Å². The van der Waals surface area contributed by atoms with Gasteiger partial charge < -0.3 is 10.1 Å². The monoisotopic (exact) mass is 181 g/mol. The van der Waals surface area contributed by atoms with Gasteiger partial charge in [-0.2, -0.15) is 0 Å². The van der Waals surface area contributed by atoms with Gasteiger partial charge in [0, 0.05) is 12.8 Å². The molecule has 3 heteroatoms. The smallest absolute Gasteiger partial charge is 0.220 e. The van der Waals surface area contributed by atoms with Crippen molar-refractivity contribution in [3.8, 4) is 12.3 Å². The van der Waals surface area contributed by atoms with E-state index in [4.69, 9.17) is 6.42 Å². The number of Topliss-reactive ketones (excluding diaryl/α,β-unsaturated/α-hetero) is 1. The first-order valence-corrected chi connectivity index (χ1v) is 4.36. The number of rotatable bonds is 6. The van der Waals surface area contributed by atoms with Crippen LogP contribution in [0.15, 0.2) is 0 Å². The van der Waals surface area contributed by atoms with Gasteiger partial charge in [-0.3, -0.25) is 4.79 Å². The van der Waals surface area contributed by atoms with Gasteiger partial charge in [-0.1, -0.05) is 5.92 Å². The van der Waals surface area contributed by atoms with Crippen molar-refractivity contribution < 1.29 is 9.59 Å². The molecule has 0 bridgehead atoms. The quantitative estimate of drug-likeness (QED) is 0.488. The second-order valence-electron chi connectivity index (χ2n) is 2.89. The summed E-state index contributed by atoms with van der Waals surface area (Å²) in [4.78, 5) is 21.5. The third-order valence-corrected chi connectivity index (χ3v) is 1.57. The maximum atomic E-state index is 11.0. The summed E-state index contributed by atoms with van der Waals surface area (Å²) in [5.74, 6) is 2.45. The van der Waals surface area contributed by atoms with E-state index in [1.807, 2.05) is 0 Å². The zero-order chi connectivity index (χ0) is 10.1. The zero-order valence-corrected chi connectivity index (χ0v) is 7.93. The van der Waals surface area contributed by atoms with E-state index in [9.17, 15) is 9.59 Å². The van der Waals surface area contributed by atoms with Crippen LogP contribution in [-0.2, 0) is 9.59 Å². The molecule has 72 valence electrons. The van der Waals surface area contributed by atoms with E-state index in [1.54, 1.807) is 6.92 Å². The van der Waals surface area contributed by atoms with Gasteiger partial charge in [0.25, 0.3) is 0 Å². The van der Waals surface area contributed by atoms with E-state index in [1.165, 1.54) is 0 Å². The fourth-order valence-corrected chi connectivity index (χ4v) is 0.898. The Kier molecular flexibility index (Phi) is 6.62. The topological polar surface area (TPSA) is 46.2 Å². The Morgan fingerprint density at radius 3 is 2.46 bits per heavy atom. The standard InChI is InChI=1S/C10H15NO2/c1-3-8-11-10(13)7-5-4-6-9(2)12/h1H,4-8H2,2H3,(H,11,13). The summed E-state index contributed by atoms with van der Waals surface area (Å²) >= 11 is 0. The molecule has 0 unspecified atom stereocenters. The molecular weight excluding hydrogens is 166 g/mol. The molecule has 0 aromatic heterocycles. The minimum atomic E-state index is -0.0403. The highest BCUT2D eigenvalue weighted by atomic mass is 16.1. The molecule has 0 aliphatic carbocycles. The molecule has 0 rings (SSSR count). The van der Waals surface area contributed by atoms with Crippen molar-refractivity contribution >= 4 is 11.7 Å². The number of hydrogen-bond acceptors (Lipinski definition) is 2. The van der Waals surface area contributed by atoms with Crippen LogP contribution in [0.2, 0.25) is 0 Å². The predicted octanol–water partition coefficient (Wildman–Crippen LogP) is 0.885. The zero-order valence-electron chi connectivity index (χ0n) is 7.93. The van der Waals surface area contributed by atoms with Gasteiger partial charge in [0.15, 0.2) is 0 Å². The fourth-order valence-electron chi connectivity index (χ4n) is 0.898. The molecule has 0 spiro atoms. The van der Waals surface area contributed by atoms with Crippen molar-refractivity contribution in [2.45, 2.75) is 32.6 Å². The van der Waals surface area contributed by atoms with Gasteiger partial charge in [0.2, 0.25) is 5.91 Å². The van der Waals surface area contributed by atoms with Crippen molar-refractivity contribution in [3.05, 3.63) is 0 Å². The first-order chi connectivity index (χ1) is 6.16. The van der Waals surface area contributed by atoms with Crippen LogP contribution in [0, 0.1) is 12.3 Å². The number of terminal acetylenes is 1. The van der Waals surface area contributed by atoms with Crippen LogP contribution >= 0.6 is 0 Å². The Hall–Kier alpha value is -1.30. The molecule has 0 aliphatic heterocycles. The number of ketones is 1. The van der Waals surface area contributed by atoms with Crippen molar-refractivity contribution in [3.63, 3.8) is 0 Å². The molecule has 0 fully saturated rings. The third-order valence-electron chi connectivity index (χ3n) is 1.57. The van der Waals surface area contributed by atoms with E-state index >= 15 is 0 Å². The highest BCUT2D eigenvalue weighted by Crippen LogP contribution is 1.99. The molecule has 13 heavy (non-hydrogen) atoms. The number of unbranched alkanes of at least 4 members (excludes halogenated alkanes) is 1. The lowest BCUT2D eigenvalue weighted by atomic mass is 10.1. The normalized spacial score (nSPS) is 8.92. The second kappa shape index (κ2) is 7.35.